The number of phenols is 1. The normalized spacial score (nSPS) is 11.4. The van der Waals surface area contributed by atoms with Gasteiger partial charge in [-0.3, -0.25) is 14.9 Å². The van der Waals surface area contributed by atoms with Gasteiger partial charge in [0, 0.05) is 35.6 Å². The number of amides is 1. The number of azo groups is 3. The molecule has 0 aliphatic heterocycles. The summed E-state index contributed by atoms with van der Waals surface area (Å²) < 4.78 is 80.0. The van der Waals surface area contributed by atoms with E-state index in [-0.39, 0.29) is 135 Å². The number of benzene rings is 5. The van der Waals surface area contributed by atoms with Crippen molar-refractivity contribution in [2.75, 3.05) is 18.2 Å². The molecule has 62 heavy (non-hydrogen) atoms. The first kappa shape index (κ1) is 56.7. The molecule has 0 aliphatic carbocycles. The number of aliphatic carboxylic acids is 1. The molecule has 5 aromatic carbocycles. The number of nitrogen functional groups attached to an aromatic ring is 1. The van der Waals surface area contributed by atoms with Crippen LogP contribution in [0.3, 0.4) is 0 Å². The number of carboxylic acid groups (broad SMARTS) is 1. The van der Waals surface area contributed by atoms with Crippen LogP contribution in [0.1, 0.15) is 18.4 Å². The summed E-state index contributed by atoms with van der Waals surface area (Å²) in [4.78, 5) is 31.0. The minimum atomic E-state index is -5.68. The van der Waals surface area contributed by atoms with Crippen molar-refractivity contribution >= 4 is 94.1 Å². The van der Waals surface area contributed by atoms with E-state index >= 15 is 0 Å². The number of nitrogens with zero attached hydrogens (tertiary/aromatic N) is 7. The molecule has 0 saturated heterocycles. The topological polar surface area (TPSA) is 356 Å². The molecular formula is C34H25N9Na4O13S2. The Hall–Kier alpha value is -3.28. The Labute approximate surface area is 440 Å². The van der Waals surface area contributed by atoms with Gasteiger partial charge < -0.3 is 39.9 Å². The molecule has 0 unspecified atom stereocenters. The van der Waals surface area contributed by atoms with Gasteiger partial charge in [0.05, 0.1) is 38.6 Å². The molecule has 5 rings (SSSR count). The summed E-state index contributed by atoms with van der Waals surface area (Å²) in [6.45, 7) is 1.66. The van der Waals surface area contributed by atoms with E-state index in [1.807, 2.05) is 0 Å². The van der Waals surface area contributed by atoms with Gasteiger partial charge in [-0.05, 0) is 54.9 Å². The average molecular weight is 924 g/mol. The van der Waals surface area contributed by atoms with Crippen molar-refractivity contribution in [2.45, 2.75) is 29.6 Å². The van der Waals surface area contributed by atoms with Crippen molar-refractivity contribution in [1.82, 2.24) is 0 Å². The number of carbonyl (C=O) groups is 2. The second-order valence-electron chi connectivity index (χ2n) is 11.8. The molecule has 0 heterocycles. The number of hydrogen-bond acceptors (Lipinski definition) is 20. The smallest absolute Gasteiger partial charge is 0.744 e. The van der Waals surface area contributed by atoms with Crippen LogP contribution >= 0.6 is 0 Å². The maximum absolute atomic E-state index is 12.5. The van der Waals surface area contributed by atoms with E-state index in [1.54, 1.807) is 31.2 Å². The van der Waals surface area contributed by atoms with E-state index in [0.29, 0.717) is 29.1 Å². The number of phenolic OH excluding ortho intramolecular Hbond substituents is 1. The number of aromatic hydroxyl groups is 1. The zero-order valence-corrected chi connectivity index (χ0v) is 43.3. The molecule has 22 nitrogen and oxygen atoms in total. The number of carbonyl (C=O) groups excluding carboxylic acids is 2. The van der Waals surface area contributed by atoms with E-state index in [9.17, 15) is 55.9 Å². The first-order valence-electron chi connectivity index (χ1n) is 16.0. The molecule has 0 atom stereocenters. The summed E-state index contributed by atoms with van der Waals surface area (Å²) in [6.07, 6.45) is -1.15. The quantitative estimate of drug-likeness (QED) is 0.0178. The second kappa shape index (κ2) is 24.1. The van der Waals surface area contributed by atoms with Crippen molar-refractivity contribution in [2.24, 2.45) is 30.7 Å². The second-order valence-corrected chi connectivity index (χ2v) is 14.5. The van der Waals surface area contributed by atoms with Gasteiger partial charge in [0.2, 0.25) is 5.91 Å². The predicted octanol–water partition coefficient (Wildman–Crippen LogP) is -6.31. The number of methoxy groups -OCH3 is 1. The van der Waals surface area contributed by atoms with E-state index in [1.165, 1.54) is 19.2 Å². The molecule has 0 fully saturated rings. The molecule has 4 N–H and O–H groups in total. The molecule has 0 saturated carbocycles. The Bertz CT molecular complexity index is 2840. The van der Waals surface area contributed by atoms with Crippen LogP contribution in [0.5, 0.6) is 11.5 Å². The number of anilines is 2. The summed E-state index contributed by atoms with van der Waals surface area (Å²) >= 11 is 0. The van der Waals surface area contributed by atoms with Gasteiger partial charge in [-0.1, -0.05) is 0 Å². The summed E-state index contributed by atoms with van der Waals surface area (Å²) in [5.41, 5.74) is 3.84. The number of nitrogens with one attached hydrogen (secondary N) is 1. The molecule has 0 spiro atoms. The minimum absolute atomic E-state index is 0. The third-order valence-electron chi connectivity index (χ3n) is 7.86. The average Bonchev–Trinajstić information content (AvgIpc) is 3.15. The standard InChI is InChI=1S/C34H28N9O13S2.4Na/c1-17-12-23(26(56-2)15-22(17)39-37-18-6-4-3-5-7-18)40-41-24-16-27(57(50,51)52)20-14-28(58(53,54)55)33(34(47)31(20)32(24)35)42-38-21-9-8-19(13-25(21)43(48)49)36-29(44)10-11-30(45)46;;;;/h4-9,12-16,47H,10-11,35H2,1-2H3,(H,36,44)(H,45,46)(H,50,51,52)(H,53,54,55);;;;/q-1;4*+1/p-3. The maximum Gasteiger partial charge on any atom is 1.00 e. The number of carboxylic acids is 1. The fourth-order valence-electron chi connectivity index (χ4n) is 5.14. The predicted molar refractivity (Wildman–Crippen MR) is 197 cm³/mol. The number of hydrogen-bond donors (Lipinski definition) is 3. The van der Waals surface area contributed by atoms with E-state index in [2.05, 4.69) is 42.1 Å². The molecule has 0 bridgehead atoms. The van der Waals surface area contributed by atoms with Crippen LogP contribution in [0.2, 0.25) is 0 Å². The molecule has 0 aromatic heterocycles. The van der Waals surface area contributed by atoms with Crippen molar-refractivity contribution in [3.8, 4) is 11.5 Å². The first-order chi connectivity index (χ1) is 27.3. The van der Waals surface area contributed by atoms with Crippen LogP contribution < -0.4 is 139 Å². The van der Waals surface area contributed by atoms with Gasteiger partial charge >= 0.3 is 118 Å². The fourth-order valence-corrected chi connectivity index (χ4v) is 6.46. The van der Waals surface area contributed by atoms with Gasteiger partial charge in [0.25, 0.3) is 5.69 Å². The van der Waals surface area contributed by atoms with Gasteiger partial charge in [0.1, 0.15) is 43.0 Å². The van der Waals surface area contributed by atoms with Crippen LogP contribution in [0.15, 0.2) is 107 Å². The summed E-state index contributed by atoms with van der Waals surface area (Å²) in [7, 11) is -9.91. The van der Waals surface area contributed by atoms with Crippen LogP contribution in [0.4, 0.5) is 51.2 Å². The van der Waals surface area contributed by atoms with Crippen molar-refractivity contribution in [1.29, 1.82) is 0 Å². The zero-order chi connectivity index (χ0) is 42.5. The minimum Gasteiger partial charge on any atom is -0.744 e. The number of nitro groups is 1. The maximum atomic E-state index is 12.5. The van der Waals surface area contributed by atoms with E-state index in [0.717, 1.165) is 18.2 Å². The van der Waals surface area contributed by atoms with Gasteiger partial charge in [-0.15, -0.1) is 32.6 Å². The third-order valence-corrected chi connectivity index (χ3v) is 9.59. The van der Waals surface area contributed by atoms with Crippen LogP contribution in [0, 0.1) is 23.1 Å². The summed E-state index contributed by atoms with van der Waals surface area (Å²) in [6, 6.07) is 16.3. The Morgan fingerprint density at radius 1 is 0.806 bits per heavy atom. The molecule has 0 aliphatic rings. The Balaban J connectivity index is 0.00000480. The van der Waals surface area contributed by atoms with Gasteiger partial charge in [-0.25, -0.2) is 16.8 Å². The monoisotopic (exact) mass is 923 g/mol. The van der Waals surface area contributed by atoms with Crippen LogP contribution in [-0.2, 0) is 29.8 Å². The van der Waals surface area contributed by atoms with Crippen molar-refractivity contribution in [3.05, 3.63) is 88.5 Å². The third kappa shape index (κ3) is 14.1. The molecule has 300 valence electrons. The van der Waals surface area contributed by atoms with E-state index in [4.69, 9.17) is 10.5 Å². The SMILES string of the molecule is COc1cc(N=Nc2cc[c-]cc2)c(C)cc1N=Nc1cc(S(=O)(=O)[O-])c2cc(S(=O)(=O)[O-])c(N=Nc3ccc(NC(=O)CCC(=O)[O-])cc3[N+](=O)[O-])c(O)c2c1N.[Na+].[Na+].[Na+].[Na+]. The summed E-state index contributed by atoms with van der Waals surface area (Å²) in [5, 5.41) is 58.1. The Morgan fingerprint density at radius 2 is 1.40 bits per heavy atom. The largest absolute Gasteiger partial charge is 1.00 e. The van der Waals surface area contributed by atoms with Crippen molar-refractivity contribution in [3.63, 3.8) is 0 Å². The molecular weight excluding hydrogens is 899 g/mol. The first-order valence-corrected chi connectivity index (χ1v) is 18.8. The van der Waals surface area contributed by atoms with Crippen molar-refractivity contribution < 1.29 is 174 Å². The van der Waals surface area contributed by atoms with Gasteiger partial charge in [0.15, 0.2) is 11.4 Å². The van der Waals surface area contributed by atoms with Crippen LogP contribution in [0.25, 0.3) is 10.8 Å². The number of nitrogens with two attached hydrogens (primary N) is 1. The molecule has 0 radical (unpaired) electrons. The molecule has 28 heteroatoms. The fraction of sp³-hybridized carbons (Fsp3) is 0.118. The number of fused-ring (bicyclic) bond motifs is 1. The molecule has 5 aromatic rings. The Kier molecular flexibility index (Phi) is 22.1. The van der Waals surface area contributed by atoms with Gasteiger partial charge in [-0.2, -0.15) is 28.4 Å². The summed E-state index contributed by atoms with van der Waals surface area (Å²) in [5.74, 6) is -3.53. The zero-order valence-electron chi connectivity index (χ0n) is 33.6. The van der Waals surface area contributed by atoms with Crippen LogP contribution in [-0.4, -0.2) is 55.0 Å². The number of nitro benzene ring substituents is 1. The Morgan fingerprint density at radius 3 is 1.98 bits per heavy atom. The number of aryl methyl sites for hydroxylation is 1. The molecule has 1 amide bonds. The number of ether oxygens (including phenoxy) is 1. The van der Waals surface area contributed by atoms with E-state index < -0.39 is 105 Å². The number of rotatable bonds is 14.